The molecule has 0 saturated heterocycles. The lowest BCUT2D eigenvalue weighted by Gasteiger charge is -2.28. The van der Waals surface area contributed by atoms with Crippen molar-refractivity contribution in [3.63, 3.8) is 0 Å². The van der Waals surface area contributed by atoms with E-state index in [1.165, 1.54) is 89.9 Å². The zero-order chi connectivity index (χ0) is 46.4. The fourth-order valence-electron chi connectivity index (χ4n) is 7.76. The van der Waals surface area contributed by atoms with Crippen LogP contribution in [0.4, 0.5) is 0 Å². The Morgan fingerprint density at radius 2 is 0.645 bits per heavy atom. The fraction of sp³-hybridized carbons (Fsp3) is 0.808. The lowest BCUT2D eigenvalue weighted by Crippen LogP contribution is -2.50. The summed E-state index contributed by atoms with van der Waals surface area (Å²) in [6, 6.07) is 0. The molecule has 0 saturated carbocycles. The van der Waals surface area contributed by atoms with Crippen LogP contribution >= 0.6 is 0 Å². The number of carbonyl (C=O) groups is 6. The van der Waals surface area contributed by atoms with Crippen molar-refractivity contribution in [2.75, 3.05) is 0 Å². The Kier molecular flexibility index (Phi) is 44.8. The second kappa shape index (κ2) is 45.7. The summed E-state index contributed by atoms with van der Waals surface area (Å²) in [7, 11) is 0. The molecular formula is C52H94N2O8. The summed E-state index contributed by atoms with van der Waals surface area (Å²) in [5.41, 5.74) is 9.27. The van der Waals surface area contributed by atoms with E-state index in [1.807, 2.05) is 0 Å². The second-order valence-electron chi connectivity index (χ2n) is 17.5. The number of Topliss-reactive ketones (excluding diaryl/α,β-unsaturated/α-hetero) is 2. The molecule has 0 atom stereocenters. The van der Waals surface area contributed by atoms with Crippen LogP contribution in [0.5, 0.6) is 0 Å². The first-order valence-corrected chi connectivity index (χ1v) is 25.3. The molecule has 6 N–H and O–H groups in total. The summed E-state index contributed by atoms with van der Waals surface area (Å²) in [5.74, 6) is -3.62. The fourth-order valence-corrected chi connectivity index (χ4v) is 7.76. The maximum absolute atomic E-state index is 13.5. The van der Waals surface area contributed by atoms with Gasteiger partial charge < -0.3 is 21.7 Å². The van der Waals surface area contributed by atoms with E-state index in [1.54, 1.807) is 0 Å². The van der Waals surface area contributed by atoms with Crippen molar-refractivity contribution >= 4 is 35.3 Å². The van der Waals surface area contributed by atoms with Crippen LogP contribution in [0, 0.1) is 5.41 Å². The van der Waals surface area contributed by atoms with Crippen LogP contribution in [0.15, 0.2) is 24.3 Å². The number of aliphatic carboxylic acids is 2. The van der Waals surface area contributed by atoms with Gasteiger partial charge in [0.2, 0.25) is 11.8 Å². The van der Waals surface area contributed by atoms with Crippen molar-refractivity contribution in [3.8, 4) is 0 Å². The lowest BCUT2D eigenvalue weighted by molar-refractivity contribution is -0.150. The normalized spacial score (nSPS) is 11.5. The van der Waals surface area contributed by atoms with Gasteiger partial charge in [-0.05, 0) is 89.9 Å². The van der Waals surface area contributed by atoms with Crippen molar-refractivity contribution in [2.24, 2.45) is 16.9 Å². The van der Waals surface area contributed by atoms with Crippen molar-refractivity contribution in [1.29, 1.82) is 0 Å². The molecule has 0 aromatic rings. The number of carboxylic acids is 2. The molecule has 62 heavy (non-hydrogen) atoms. The van der Waals surface area contributed by atoms with Crippen LogP contribution in [-0.4, -0.2) is 45.5 Å². The smallest absolute Gasteiger partial charge is 0.303 e. The zero-order valence-corrected chi connectivity index (χ0v) is 39.9. The molecular weight excluding hydrogens is 781 g/mol. The van der Waals surface area contributed by atoms with E-state index in [4.69, 9.17) is 21.7 Å². The Balaban J connectivity index is 0. The molecule has 0 heterocycles. The van der Waals surface area contributed by atoms with Gasteiger partial charge in [0, 0.05) is 32.1 Å². The van der Waals surface area contributed by atoms with Crippen molar-refractivity contribution < 1.29 is 39.0 Å². The average Bonchev–Trinajstić information content (AvgIpc) is 3.23. The van der Waals surface area contributed by atoms with E-state index < -0.39 is 29.2 Å². The van der Waals surface area contributed by atoms with E-state index in [0.29, 0.717) is 12.8 Å². The molecule has 0 unspecified atom stereocenters. The first kappa shape index (κ1) is 60.8. The molecule has 0 aromatic heterocycles. The first-order chi connectivity index (χ1) is 29.9. The third-order valence-corrected chi connectivity index (χ3v) is 11.7. The maximum atomic E-state index is 13.5. The standard InChI is InChI=1S/C42H76N2O4.C10H18O4/c1-3-5-7-9-11-13-15-17-19-21-23-25-27-29-31-34-38(45)42(41(44)48,37-33-36-40(43)47)39(46)35-32-30-28-26-24-22-20-18-16-14-12-10-8-6-4-2;11-9(12)7-5-3-1-2-4-6-8-10(13)14/h17-20H,3-16,21-37H2,1-2H3,(H2,43,47)(H2,44,48);1-8H2,(H,11,12)(H,13,14)/b19-17-,20-18-;. The molecule has 0 aromatic carbocycles. The maximum Gasteiger partial charge on any atom is 0.303 e. The zero-order valence-electron chi connectivity index (χ0n) is 39.9. The minimum atomic E-state index is -1.84. The number of primary amides is 2. The molecule has 0 radical (unpaired) electrons. The number of nitrogens with two attached hydrogens (primary N) is 2. The Bertz CT molecular complexity index is 1130. The summed E-state index contributed by atoms with van der Waals surface area (Å²) < 4.78 is 0. The summed E-state index contributed by atoms with van der Waals surface area (Å²) >= 11 is 0. The predicted octanol–water partition coefficient (Wildman–Crippen LogP) is 13.6. The van der Waals surface area contributed by atoms with Gasteiger partial charge in [0.15, 0.2) is 17.0 Å². The Morgan fingerprint density at radius 1 is 0.371 bits per heavy atom. The van der Waals surface area contributed by atoms with Gasteiger partial charge in [0.1, 0.15) is 0 Å². The average molecular weight is 875 g/mol. The van der Waals surface area contributed by atoms with Crippen molar-refractivity contribution in [2.45, 2.75) is 264 Å². The highest BCUT2D eigenvalue weighted by atomic mass is 16.4. The molecule has 2 amide bonds. The number of allylic oxidation sites excluding steroid dienone is 4. The van der Waals surface area contributed by atoms with Gasteiger partial charge >= 0.3 is 11.9 Å². The highest BCUT2D eigenvalue weighted by Crippen LogP contribution is 2.32. The van der Waals surface area contributed by atoms with Gasteiger partial charge in [-0.25, -0.2) is 0 Å². The molecule has 0 fully saturated rings. The number of carboxylic acid groups (broad SMARTS) is 2. The van der Waals surface area contributed by atoms with Gasteiger partial charge in [-0.2, -0.15) is 0 Å². The number of hydrogen-bond acceptors (Lipinski definition) is 6. The SMILES string of the molecule is CCCCCCCC/C=C\CCCCCCCC(=O)C(CCCC(N)=O)(C(N)=O)C(=O)CCCCCCC/C=C\CCCCCCCC.O=C(O)CCCCCCCCC(=O)O. The van der Waals surface area contributed by atoms with Crippen molar-refractivity contribution in [3.05, 3.63) is 24.3 Å². The molecule has 10 nitrogen and oxygen atoms in total. The van der Waals surface area contributed by atoms with Gasteiger partial charge in [0.05, 0.1) is 0 Å². The molecule has 0 bridgehead atoms. The van der Waals surface area contributed by atoms with Crippen LogP contribution in [0.2, 0.25) is 0 Å². The quantitative estimate of drug-likeness (QED) is 0.0263. The number of hydrogen-bond donors (Lipinski definition) is 4. The number of carbonyl (C=O) groups excluding carboxylic acids is 4. The van der Waals surface area contributed by atoms with Gasteiger partial charge in [-0.15, -0.1) is 0 Å². The summed E-state index contributed by atoms with van der Waals surface area (Å²) in [5, 5.41) is 16.7. The van der Waals surface area contributed by atoms with Crippen molar-refractivity contribution in [1.82, 2.24) is 0 Å². The molecule has 0 aliphatic rings. The van der Waals surface area contributed by atoms with Crippen LogP contribution in [-0.2, 0) is 28.8 Å². The largest absolute Gasteiger partial charge is 0.481 e. The third kappa shape index (κ3) is 39.5. The monoisotopic (exact) mass is 875 g/mol. The molecule has 10 heteroatoms. The highest BCUT2D eigenvalue weighted by Gasteiger charge is 2.49. The number of unbranched alkanes of at least 4 members (excludes halogenated alkanes) is 27. The van der Waals surface area contributed by atoms with Gasteiger partial charge in [-0.3, -0.25) is 28.8 Å². The number of rotatable bonds is 46. The molecule has 0 spiro atoms. The van der Waals surface area contributed by atoms with E-state index in [9.17, 15) is 28.8 Å². The van der Waals surface area contributed by atoms with Crippen LogP contribution in [0.1, 0.15) is 264 Å². The number of amides is 2. The Hall–Kier alpha value is -3.30. The Labute approximate surface area is 378 Å². The third-order valence-electron chi connectivity index (χ3n) is 11.7. The lowest BCUT2D eigenvalue weighted by atomic mass is 9.71. The summed E-state index contributed by atoms with van der Waals surface area (Å²) in [6.45, 7) is 4.50. The minimum absolute atomic E-state index is 0.0242. The van der Waals surface area contributed by atoms with E-state index >= 15 is 0 Å². The van der Waals surface area contributed by atoms with Crippen LogP contribution in [0.25, 0.3) is 0 Å². The second-order valence-corrected chi connectivity index (χ2v) is 17.5. The first-order valence-electron chi connectivity index (χ1n) is 25.3. The topological polar surface area (TPSA) is 195 Å². The van der Waals surface area contributed by atoms with Crippen LogP contribution in [0.3, 0.4) is 0 Å². The van der Waals surface area contributed by atoms with Gasteiger partial charge in [0.25, 0.3) is 0 Å². The molecule has 0 rings (SSSR count). The highest BCUT2D eigenvalue weighted by molar-refractivity contribution is 6.23. The summed E-state index contributed by atoms with van der Waals surface area (Å²) in [4.78, 5) is 71.4. The van der Waals surface area contributed by atoms with E-state index in [2.05, 4.69) is 38.2 Å². The van der Waals surface area contributed by atoms with Gasteiger partial charge in [-0.1, -0.05) is 167 Å². The molecule has 0 aliphatic heterocycles. The molecule has 360 valence electrons. The molecule has 0 aliphatic carbocycles. The predicted molar refractivity (Wildman–Crippen MR) is 256 cm³/mol. The summed E-state index contributed by atoms with van der Waals surface area (Å²) in [6.07, 6.45) is 45.6. The minimum Gasteiger partial charge on any atom is -0.481 e. The van der Waals surface area contributed by atoms with E-state index in [-0.39, 0.29) is 56.5 Å². The number of ketones is 2. The van der Waals surface area contributed by atoms with E-state index in [0.717, 1.165) is 103 Å². The van der Waals surface area contributed by atoms with Crippen LogP contribution < -0.4 is 11.5 Å². The Morgan fingerprint density at radius 3 is 0.919 bits per heavy atom.